The van der Waals surface area contributed by atoms with Crippen LogP contribution in [-0.4, -0.2) is 37.1 Å². The average Bonchev–Trinajstić information content (AvgIpc) is 2.68. The number of nitrogens with zero attached hydrogens (tertiary/aromatic N) is 1. The SMILES string of the molecule is Nc1cccc(N2C(=S)N[C@H]3CS(=O)(=O)C[C@@H]32)c1. The summed E-state index contributed by atoms with van der Waals surface area (Å²) >= 11 is 5.27. The first kappa shape index (κ1) is 11.7. The number of anilines is 2. The van der Waals surface area contributed by atoms with E-state index in [1.165, 1.54) is 0 Å². The van der Waals surface area contributed by atoms with E-state index >= 15 is 0 Å². The van der Waals surface area contributed by atoms with Crippen molar-refractivity contribution in [1.29, 1.82) is 0 Å². The van der Waals surface area contributed by atoms with E-state index in [2.05, 4.69) is 5.32 Å². The fraction of sp³-hybridized carbons (Fsp3) is 0.364. The van der Waals surface area contributed by atoms with Gasteiger partial charge in [-0.05, 0) is 30.4 Å². The summed E-state index contributed by atoms with van der Waals surface area (Å²) in [6, 6.07) is 7.09. The quantitative estimate of drug-likeness (QED) is 0.563. The van der Waals surface area contributed by atoms with Gasteiger partial charge in [-0.15, -0.1) is 0 Å². The van der Waals surface area contributed by atoms with E-state index in [9.17, 15) is 8.42 Å². The average molecular weight is 283 g/mol. The molecule has 0 aliphatic carbocycles. The molecule has 2 saturated heterocycles. The van der Waals surface area contributed by atoms with Crippen molar-refractivity contribution < 1.29 is 8.42 Å². The third kappa shape index (κ3) is 1.83. The lowest BCUT2D eigenvalue weighted by Crippen LogP contribution is -2.36. The van der Waals surface area contributed by atoms with E-state index in [1.807, 2.05) is 17.0 Å². The van der Waals surface area contributed by atoms with Crippen LogP contribution in [0.25, 0.3) is 0 Å². The van der Waals surface area contributed by atoms with Gasteiger partial charge in [0.25, 0.3) is 0 Å². The number of nitrogen functional groups attached to an aromatic ring is 1. The molecule has 0 amide bonds. The Bertz CT molecular complexity index is 614. The van der Waals surface area contributed by atoms with Gasteiger partial charge in [-0.25, -0.2) is 8.42 Å². The molecule has 2 fully saturated rings. The van der Waals surface area contributed by atoms with Gasteiger partial charge in [0.2, 0.25) is 0 Å². The summed E-state index contributed by atoms with van der Waals surface area (Å²) in [6.45, 7) is 0. The molecule has 3 rings (SSSR count). The number of hydrogen-bond acceptors (Lipinski definition) is 4. The van der Waals surface area contributed by atoms with Gasteiger partial charge in [0.15, 0.2) is 14.9 Å². The minimum absolute atomic E-state index is 0.107. The van der Waals surface area contributed by atoms with Crippen LogP contribution in [0.2, 0.25) is 0 Å². The summed E-state index contributed by atoms with van der Waals surface area (Å²) in [5.41, 5.74) is 7.24. The molecule has 5 nitrogen and oxygen atoms in total. The summed E-state index contributed by atoms with van der Waals surface area (Å²) in [5, 5.41) is 3.65. The largest absolute Gasteiger partial charge is 0.399 e. The molecule has 2 aliphatic rings. The monoisotopic (exact) mass is 283 g/mol. The maximum absolute atomic E-state index is 11.7. The number of benzene rings is 1. The third-order valence-corrected chi connectivity index (χ3v) is 5.36. The molecule has 3 N–H and O–H groups in total. The van der Waals surface area contributed by atoms with Crippen LogP contribution in [0.5, 0.6) is 0 Å². The molecule has 2 heterocycles. The predicted molar refractivity (Wildman–Crippen MR) is 75.3 cm³/mol. The van der Waals surface area contributed by atoms with E-state index in [0.29, 0.717) is 10.8 Å². The van der Waals surface area contributed by atoms with Crippen LogP contribution in [-0.2, 0) is 9.84 Å². The highest BCUT2D eigenvalue weighted by Crippen LogP contribution is 2.30. The maximum Gasteiger partial charge on any atom is 0.174 e. The Morgan fingerprint density at radius 2 is 2.17 bits per heavy atom. The van der Waals surface area contributed by atoms with Gasteiger partial charge in [-0.1, -0.05) is 6.07 Å². The Balaban J connectivity index is 1.99. The van der Waals surface area contributed by atoms with Crippen molar-refractivity contribution in [1.82, 2.24) is 5.32 Å². The smallest absolute Gasteiger partial charge is 0.174 e. The van der Waals surface area contributed by atoms with Gasteiger partial charge in [0, 0.05) is 11.4 Å². The maximum atomic E-state index is 11.7. The lowest BCUT2D eigenvalue weighted by Gasteiger charge is -2.23. The van der Waals surface area contributed by atoms with Gasteiger partial charge >= 0.3 is 0 Å². The first-order valence-electron chi connectivity index (χ1n) is 5.62. The standard InChI is InChI=1S/C11H13N3O2S2/c12-7-2-1-3-8(4-7)14-10-6-18(15,16)5-9(10)13-11(14)17/h1-4,9-10H,5-6,12H2,(H,13,17)/t9-,10-/m0/s1. The molecule has 0 bridgehead atoms. The number of nitrogens with two attached hydrogens (primary N) is 1. The second-order valence-electron chi connectivity index (χ2n) is 4.67. The van der Waals surface area contributed by atoms with Crippen LogP contribution < -0.4 is 16.0 Å². The van der Waals surface area contributed by atoms with Crippen molar-refractivity contribution in [2.75, 3.05) is 22.1 Å². The fourth-order valence-electron chi connectivity index (χ4n) is 2.58. The van der Waals surface area contributed by atoms with Crippen LogP contribution in [0.15, 0.2) is 24.3 Å². The molecular formula is C11H13N3O2S2. The molecule has 0 spiro atoms. The molecule has 2 atom stereocenters. The van der Waals surface area contributed by atoms with Gasteiger partial charge < -0.3 is 16.0 Å². The highest BCUT2D eigenvalue weighted by molar-refractivity contribution is 7.91. The zero-order chi connectivity index (χ0) is 12.9. The Labute approximate surface area is 111 Å². The number of hydrogen-bond donors (Lipinski definition) is 2. The molecule has 0 aromatic heterocycles. The summed E-state index contributed by atoms with van der Waals surface area (Å²) in [6.07, 6.45) is 0. The first-order valence-corrected chi connectivity index (χ1v) is 7.85. The summed E-state index contributed by atoms with van der Waals surface area (Å²) < 4.78 is 23.3. The minimum Gasteiger partial charge on any atom is -0.399 e. The number of sulfone groups is 1. The topological polar surface area (TPSA) is 75.4 Å². The van der Waals surface area contributed by atoms with Crippen molar-refractivity contribution >= 4 is 38.5 Å². The van der Waals surface area contributed by atoms with E-state index in [0.717, 1.165) is 5.69 Å². The molecule has 18 heavy (non-hydrogen) atoms. The fourth-order valence-corrected chi connectivity index (χ4v) is 4.87. The third-order valence-electron chi connectivity index (χ3n) is 3.33. The molecule has 0 saturated carbocycles. The van der Waals surface area contributed by atoms with Crippen molar-refractivity contribution in [2.45, 2.75) is 12.1 Å². The van der Waals surface area contributed by atoms with Crippen molar-refractivity contribution in [3.8, 4) is 0 Å². The Morgan fingerprint density at radius 3 is 2.89 bits per heavy atom. The molecule has 1 aromatic carbocycles. The normalized spacial score (nSPS) is 29.1. The second-order valence-corrected chi connectivity index (χ2v) is 7.21. The molecule has 2 aliphatic heterocycles. The van der Waals surface area contributed by atoms with Crippen LogP contribution in [0, 0.1) is 0 Å². The first-order chi connectivity index (χ1) is 8.46. The number of nitrogens with one attached hydrogen (secondary N) is 1. The highest BCUT2D eigenvalue weighted by Gasteiger charge is 2.47. The number of fused-ring (bicyclic) bond motifs is 1. The molecule has 96 valence electrons. The molecule has 1 aromatic rings. The van der Waals surface area contributed by atoms with Crippen LogP contribution in [0.3, 0.4) is 0 Å². The summed E-state index contributed by atoms with van der Waals surface area (Å²) in [4.78, 5) is 1.86. The lowest BCUT2D eigenvalue weighted by molar-refractivity contribution is 0.600. The number of thiocarbonyl (C=S) groups is 1. The Kier molecular flexibility index (Phi) is 2.49. The molecule has 0 unspecified atom stereocenters. The van der Waals surface area contributed by atoms with Crippen molar-refractivity contribution in [3.63, 3.8) is 0 Å². The Morgan fingerprint density at radius 1 is 1.39 bits per heavy atom. The van der Waals surface area contributed by atoms with Crippen molar-refractivity contribution in [3.05, 3.63) is 24.3 Å². The lowest BCUT2D eigenvalue weighted by atomic mass is 10.1. The predicted octanol–water partition coefficient (Wildman–Crippen LogP) is 0.129. The number of rotatable bonds is 1. The Hall–Kier alpha value is -1.34. The van der Waals surface area contributed by atoms with Crippen molar-refractivity contribution in [2.24, 2.45) is 0 Å². The van der Waals surface area contributed by atoms with Gasteiger partial charge in [-0.2, -0.15) is 0 Å². The van der Waals surface area contributed by atoms with Gasteiger partial charge in [0.05, 0.1) is 23.6 Å². The molecule has 7 heteroatoms. The zero-order valence-corrected chi connectivity index (χ0v) is 11.2. The zero-order valence-electron chi connectivity index (χ0n) is 9.54. The van der Waals surface area contributed by atoms with Crippen LogP contribution in [0.4, 0.5) is 11.4 Å². The van der Waals surface area contributed by atoms with Gasteiger partial charge in [0.1, 0.15) is 0 Å². The van der Waals surface area contributed by atoms with E-state index < -0.39 is 9.84 Å². The molecular weight excluding hydrogens is 270 g/mol. The van der Waals surface area contributed by atoms with Crippen LogP contribution >= 0.6 is 12.2 Å². The second kappa shape index (κ2) is 3.83. The van der Waals surface area contributed by atoms with Crippen LogP contribution in [0.1, 0.15) is 0 Å². The van der Waals surface area contributed by atoms with E-state index in [4.69, 9.17) is 18.0 Å². The summed E-state index contributed by atoms with van der Waals surface area (Å²) in [7, 11) is -2.98. The summed E-state index contributed by atoms with van der Waals surface area (Å²) in [5.74, 6) is 0.288. The van der Waals surface area contributed by atoms with E-state index in [1.54, 1.807) is 12.1 Å². The van der Waals surface area contributed by atoms with Gasteiger partial charge in [-0.3, -0.25) is 0 Å². The van der Waals surface area contributed by atoms with E-state index in [-0.39, 0.29) is 23.6 Å². The minimum atomic E-state index is -2.98. The highest BCUT2D eigenvalue weighted by atomic mass is 32.2. The molecule has 0 radical (unpaired) electrons.